The fraction of sp³-hybridized carbons (Fsp3) is 0.500. The van der Waals surface area contributed by atoms with E-state index in [0.29, 0.717) is 12.8 Å². The van der Waals surface area contributed by atoms with Gasteiger partial charge < -0.3 is 5.11 Å². The van der Waals surface area contributed by atoms with Crippen LogP contribution in [0.25, 0.3) is 0 Å². The topological polar surface area (TPSA) is 20.2 Å². The zero-order valence-corrected chi connectivity index (χ0v) is 5.93. The van der Waals surface area contributed by atoms with Crippen molar-refractivity contribution < 1.29 is 5.11 Å². The molecule has 9 heavy (non-hydrogen) atoms. The summed E-state index contributed by atoms with van der Waals surface area (Å²) in [7, 11) is 0. The second-order valence-corrected chi connectivity index (χ2v) is 2.15. The van der Waals surface area contributed by atoms with Crippen LogP contribution in [0.2, 0.25) is 0 Å². The molecule has 0 aromatic carbocycles. The van der Waals surface area contributed by atoms with E-state index in [1.807, 2.05) is 6.92 Å². The monoisotopic (exact) mass is 126 g/mol. The molecule has 0 radical (unpaired) electrons. The molecular formula is C8H14O. The normalized spacial score (nSPS) is 16.2. The van der Waals surface area contributed by atoms with Gasteiger partial charge in [0.25, 0.3) is 0 Å². The van der Waals surface area contributed by atoms with Crippen LogP contribution >= 0.6 is 0 Å². The first kappa shape index (κ1) is 8.44. The summed E-state index contributed by atoms with van der Waals surface area (Å²) < 4.78 is 0. The summed E-state index contributed by atoms with van der Waals surface area (Å²) in [5.41, 5.74) is -0.720. The lowest BCUT2D eigenvalue weighted by molar-refractivity contribution is 0.0906. The molecule has 0 fully saturated rings. The molecule has 0 aliphatic heterocycles. The van der Waals surface area contributed by atoms with Crippen LogP contribution in [0, 0.1) is 0 Å². The Morgan fingerprint density at radius 3 is 2.22 bits per heavy atom. The van der Waals surface area contributed by atoms with Gasteiger partial charge in [-0.3, -0.25) is 0 Å². The maximum absolute atomic E-state index is 9.44. The third kappa shape index (κ3) is 2.47. The molecule has 0 aliphatic rings. The SMILES string of the molecule is C=CCC(O)(C=C)CC. The quantitative estimate of drug-likeness (QED) is 0.570. The van der Waals surface area contributed by atoms with Gasteiger partial charge in [-0.25, -0.2) is 0 Å². The van der Waals surface area contributed by atoms with Gasteiger partial charge in [-0.15, -0.1) is 13.2 Å². The third-order valence-electron chi connectivity index (χ3n) is 1.49. The lowest BCUT2D eigenvalue weighted by Crippen LogP contribution is -2.22. The van der Waals surface area contributed by atoms with E-state index in [1.165, 1.54) is 0 Å². The molecule has 0 spiro atoms. The van der Waals surface area contributed by atoms with Gasteiger partial charge in [0.1, 0.15) is 0 Å². The van der Waals surface area contributed by atoms with Crippen molar-refractivity contribution in [3.8, 4) is 0 Å². The van der Waals surface area contributed by atoms with Crippen LogP contribution in [0.1, 0.15) is 19.8 Å². The van der Waals surface area contributed by atoms with Crippen LogP contribution in [-0.4, -0.2) is 10.7 Å². The smallest absolute Gasteiger partial charge is 0.0856 e. The largest absolute Gasteiger partial charge is 0.385 e. The molecule has 0 aromatic rings. The summed E-state index contributed by atoms with van der Waals surface area (Å²) >= 11 is 0. The maximum atomic E-state index is 9.44. The average molecular weight is 126 g/mol. The Kier molecular flexibility index (Phi) is 3.25. The Balaban J connectivity index is 3.90. The Morgan fingerprint density at radius 2 is 2.11 bits per heavy atom. The number of hydrogen-bond acceptors (Lipinski definition) is 1. The Morgan fingerprint density at radius 1 is 1.56 bits per heavy atom. The highest BCUT2D eigenvalue weighted by Crippen LogP contribution is 2.15. The van der Waals surface area contributed by atoms with E-state index in [-0.39, 0.29) is 0 Å². The molecule has 0 amide bonds. The molecule has 1 atom stereocenters. The van der Waals surface area contributed by atoms with Gasteiger partial charge in [0, 0.05) is 0 Å². The summed E-state index contributed by atoms with van der Waals surface area (Å²) in [5.74, 6) is 0. The van der Waals surface area contributed by atoms with E-state index < -0.39 is 5.60 Å². The molecule has 0 aromatic heterocycles. The first-order valence-electron chi connectivity index (χ1n) is 3.15. The van der Waals surface area contributed by atoms with Crippen molar-refractivity contribution in [2.45, 2.75) is 25.4 Å². The highest BCUT2D eigenvalue weighted by Gasteiger charge is 2.16. The first-order chi connectivity index (χ1) is 4.18. The molecule has 1 nitrogen and oxygen atoms in total. The molecule has 0 heterocycles. The summed E-state index contributed by atoms with van der Waals surface area (Å²) in [6, 6.07) is 0. The van der Waals surface area contributed by atoms with E-state index in [2.05, 4.69) is 13.2 Å². The molecule has 0 bridgehead atoms. The van der Waals surface area contributed by atoms with Crippen molar-refractivity contribution in [1.82, 2.24) is 0 Å². The van der Waals surface area contributed by atoms with E-state index >= 15 is 0 Å². The number of aliphatic hydroxyl groups is 1. The number of hydrogen-bond donors (Lipinski definition) is 1. The van der Waals surface area contributed by atoms with Gasteiger partial charge in [0.05, 0.1) is 5.60 Å². The first-order valence-corrected chi connectivity index (χ1v) is 3.15. The van der Waals surface area contributed by atoms with Crippen LogP contribution < -0.4 is 0 Å². The molecule has 0 saturated heterocycles. The minimum absolute atomic E-state index is 0.590. The van der Waals surface area contributed by atoms with E-state index in [1.54, 1.807) is 12.2 Å². The van der Waals surface area contributed by atoms with Gasteiger partial charge in [-0.05, 0) is 12.8 Å². The maximum Gasteiger partial charge on any atom is 0.0856 e. The minimum Gasteiger partial charge on any atom is -0.385 e. The lowest BCUT2D eigenvalue weighted by Gasteiger charge is -2.19. The van der Waals surface area contributed by atoms with Crippen molar-refractivity contribution in [2.24, 2.45) is 0 Å². The molecule has 1 heteroatoms. The van der Waals surface area contributed by atoms with Crippen molar-refractivity contribution in [2.75, 3.05) is 0 Å². The Hall–Kier alpha value is -0.560. The zero-order valence-electron chi connectivity index (χ0n) is 5.93. The molecule has 0 aliphatic carbocycles. The molecule has 1 unspecified atom stereocenters. The van der Waals surface area contributed by atoms with Crippen LogP contribution in [-0.2, 0) is 0 Å². The summed E-state index contributed by atoms with van der Waals surface area (Å²) in [5, 5.41) is 9.44. The average Bonchev–Trinajstić information content (AvgIpc) is 1.89. The predicted octanol–water partition coefficient (Wildman–Crippen LogP) is 1.89. The molecular weight excluding hydrogens is 112 g/mol. The van der Waals surface area contributed by atoms with E-state index in [4.69, 9.17) is 0 Å². The summed E-state index contributed by atoms with van der Waals surface area (Å²) in [6.45, 7) is 8.98. The van der Waals surface area contributed by atoms with Gasteiger partial charge in [-0.1, -0.05) is 19.1 Å². The lowest BCUT2D eigenvalue weighted by atomic mass is 9.97. The predicted molar refractivity (Wildman–Crippen MR) is 40.3 cm³/mol. The Labute approximate surface area is 56.7 Å². The minimum atomic E-state index is -0.720. The zero-order chi connectivity index (χ0) is 7.33. The molecule has 1 N–H and O–H groups in total. The van der Waals surface area contributed by atoms with Crippen LogP contribution in [0.4, 0.5) is 0 Å². The van der Waals surface area contributed by atoms with Crippen LogP contribution in [0.3, 0.4) is 0 Å². The van der Waals surface area contributed by atoms with Crippen molar-refractivity contribution in [1.29, 1.82) is 0 Å². The van der Waals surface area contributed by atoms with Gasteiger partial charge in [-0.2, -0.15) is 0 Å². The van der Waals surface area contributed by atoms with Crippen molar-refractivity contribution in [3.05, 3.63) is 25.3 Å². The molecule has 52 valence electrons. The highest BCUT2D eigenvalue weighted by molar-refractivity contribution is 4.98. The van der Waals surface area contributed by atoms with E-state index in [9.17, 15) is 5.11 Å². The molecule has 0 saturated carbocycles. The second kappa shape index (κ2) is 3.46. The summed E-state index contributed by atoms with van der Waals surface area (Å²) in [4.78, 5) is 0. The third-order valence-corrected chi connectivity index (χ3v) is 1.49. The standard InChI is InChI=1S/C8H14O/c1-4-7-8(9,5-2)6-3/h4-5,9H,1-2,6-7H2,3H3. The fourth-order valence-corrected chi connectivity index (χ4v) is 0.622. The van der Waals surface area contributed by atoms with E-state index in [0.717, 1.165) is 0 Å². The van der Waals surface area contributed by atoms with Crippen molar-refractivity contribution in [3.63, 3.8) is 0 Å². The van der Waals surface area contributed by atoms with Crippen molar-refractivity contribution >= 4 is 0 Å². The fourth-order valence-electron chi connectivity index (χ4n) is 0.622. The van der Waals surface area contributed by atoms with Crippen LogP contribution in [0.15, 0.2) is 25.3 Å². The van der Waals surface area contributed by atoms with Gasteiger partial charge in [0.2, 0.25) is 0 Å². The van der Waals surface area contributed by atoms with Gasteiger partial charge >= 0.3 is 0 Å². The highest BCUT2D eigenvalue weighted by atomic mass is 16.3. The molecule has 0 rings (SSSR count). The number of rotatable bonds is 4. The second-order valence-electron chi connectivity index (χ2n) is 2.15. The Bertz CT molecular complexity index is 107. The summed E-state index contributed by atoms with van der Waals surface area (Å²) in [6.07, 6.45) is 4.55. The van der Waals surface area contributed by atoms with Crippen LogP contribution in [0.5, 0.6) is 0 Å². The van der Waals surface area contributed by atoms with Gasteiger partial charge in [0.15, 0.2) is 0 Å².